The summed E-state index contributed by atoms with van der Waals surface area (Å²) in [5.41, 5.74) is 3.74. The molecule has 1 aliphatic heterocycles. The molecule has 0 saturated carbocycles. The third-order valence-electron chi connectivity index (χ3n) is 5.46. The van der Waals surface area contributed by atoms with Crippen molar-refractivity contribution in [1.82, 2.24) is 5.32 Å². The fourth-order valence-corrected chi connectivity index (χ4v) is 4.22. The first-order valence-electron chi connectivity index (χ1n) is 9.00. The summed E-state index contributed by atoms with van der Waals surface area (Å²) in [4.78, 5) is 13.1. The van der Waals surface area contributed by atoms with Crippen LogP contribution in [-0.4, -0.2) is 5.78 Å². The van der Waals surface area contributed by atoms with Gasteiger partial charge in [0.2, 0.25) is 0 Å². The minimum Gasteiger partial charge on any atom is -0.361 e. The SMILES string of the molecule is C=C1NC2=C(C(=O)CC(c3ccccc3)C2)C(c2cccc(F)c2)C1C#N. The molecule has 0 bridgehead atoms. The largest absolute Gasteiger partial charge is 0.361 e. The average Bonchev–Trinajstić information content (AvgIpc) is 2.67. The zero-order valence-corrected chi connectivity index (χ0v) is 14.8. The average molecular weight is 358 g/mol. The summed E-state index contributed by atoms with van der Waals surface area (Å²) in [6, 6.07) is 18.4. The van der Waals surface area contributed by atoms with Crippen molar-refractivity contribution in [1.29, 1.82) is 5.26 Å². The Labute approximate surface area is 157 Å². The Kier molecular flexibility index (Phi) is 4.37. The fraction of sp³-hybridized carbons (Fsp3) is 0.217. The summed E-state index contributed by atoms with van der Waals surface area (Å²) < 4.78 is 13.8. The molecule has 0 fully saturated rings. The van der Waals surface area contributed by atoms with Crippen LogP contribution in [0.4, 0.5) is 4.39 Å². The molecule has 0 amide bonds. The molecule has 0 saturated heterocycles. The third-order valence-corrected chi connectivity index (χ3v) is 5.46. The minimum absolute atomic E-state index is 0.0135. The standard InChI is InChI=1S/C23H19FN2O/c1-14-19(13-25)22(16-8-5-9-18(24)10-16)23-20(26-14)11-17(12-21(23)27)15-6-3-2-4-7-15/h2-10,17,19,22,26H,1,11-12H2. The van der Waals surface area contributed by atoms with E-state index in [1.54, 1.807) is 12.1 Å². The van der Waals surface area contributed by atoms with Crippen molar-refractivity contribution >= 4 is 5.78 Å². The van der Waals surface area contributed by atoms with E-state index < -0.39 is 11.8 Å². The predicted octanol–water partition coefficient (Wildman–Crippen LogP) is 4.57. The van der Waals surface area contributed by atoms with Crippen LogP contribution in [0.3, 0.4) is 0 Å². The lowest BCUT2D eigenvalue weighted by atomic mass is 9.69. The summed E-state index contributed by atoms with van der Waals surface area (Å²) >= 11 is 0. The molecular formula is C23H19FN2O. The van der Waals surface area contributed by atoms with E-state index in [1.165, 1.54) is 12.1 Å². The van der Waals surface area contributed by atoms with Crippen molar-refractivity contribution in [3.05, 3.63) is 95.1 Å². The van der Waals surface area contributed by atoms with Crippen molar-refractivity contribution in [2.24, 2.45) is 5.92 Å². The van der Waals surface area contributed by atoms with Crippen LogP contribution >= 0.6 is 0 Å². The van der Waals surface area contributed by atoms with Crippen LogP contribution in [0.5, 0.6) is 0 Å². The quantitative estimate of drug-likeness (QED) is 0.856. The maximum absolute atomic E-state index is 13.8. The molecule has 0 aromatic heterocycles. The van der Waals surface area contributed by atoms with Gasteiger partial charge in [-0.2, -0.15) is 5.26 Å². The maximum atomic E-state index is 13.8. The second kappa shape index (κ2) is 6.85. The molecule has 0 spiro atoms. The minimum atomic E-state index is -0.609. The number of hydrogen-bond donors (Lipinski definition) is 1. The zero-order chi connectivity index (χ0) is 19.0. The summed E-state index contributed by atoms with van der Waals surface area (Å²) in [6.07, 6.45) is 1.06. The van der Waals surface area contributed by atoms with Gasteiger partial charge in [0.15, 0.2) is 5.78 Å². The monoisotopic (exact) mass is 358 g/mol. The Hall–Kier alpha value is -3.19. The van der Waals surface area contributed by atoms with Gasteiger partial charge in [0, 0.05) is 29.3 Å². The molecule has 134 valence electrons. The van der Waals surface area contributed by atoms with Crippen molar-refractivity contribution < 1.29 is 9.18 Å². The number of nitrogens with zero attached hydrogens (tertiary/aromatic N) is 1. The van der Waals surface area contributed by atoms with Crippen LogP contribution in [0.1, 0.15) is 35.8 Å². The fourth-order valence-electron chi connectivity index (χ4n) is 4.22. The van der Waals surface area contributed by atoms with E-state index in [4.69, 9.17) is 0 Å². The Morgan fingerprint density at radius 1 is 1.07 bits per heavy atom. The molecule has 27 heavy (non-hydrogen) atoms. The second-order valence-electron chi connectivity index (χ2n) is 7.12. The molecule has 2 aromatic rings. The number of carbonyl (C=O) groups is 1. The number of benzene rings is 2. The maximum Gasteiger partial charge on any atom is 0.161 e. The molecule has 0 radical (unpaired) electrons. The molecule has 3 atom stereocenters. The number of halogens is 1. The Balaban J connectivity index is 1.80. The molecular weight excluding hydrogens is 339 g/mol. The molecule has 2 aromatic carbocycles. The van der Waals surface area contributed by atoms with Crippen LogP contribution < -0.4 is 5.32 Å². The number of allylic oxidation sites excluding steroid dienone is 3. The highest BCUT2D eigenvalue weighted by molar-refractivity contribution is 5.99. The third kappa shape index (κ3) is 3.06. The van der Waals surface area contributed by atoms with E-state index in [2.05, 4.69) is 18.0 Å². The normalized spacial score (nSPS) is 24.8. The van der Waals surface area contributed by atoms with Gasteiger partial charge in [-0.25, -0.2) is 4.39 Å². The van der Waals surface area contributed by atoms with E-state index in [1.807, 2.05) is 30.3 Å². The van der Waals surface area contributed by atoms with Gasteiger partial charge in [0.25, 0.3) is 0 Å². The van der Waals surface area contributed by atoms with Gasteiger partial charge in [0.1, 0.15) is 5.82 Å². The smallest absolute Gasteiger partial charge is 0.161 e. The molecule has 3 nitrogen and oxygen atoms in total. The molecule has 1 heterocycles. The van der Waals surface area contributed by atoms with Crippen molar-refractivity contribution in [2.45, 2.75) is 24.7 Å². The lowest BCUT2D eigenvalue weighted by Crippen LogP contribution is -2.38. The number of nitrogens with one attached hydrogen (secondary N) is 1. The van der Waals surface area contributed by atoms with E-state index >= 15 is 0 Å². The topological polar surface area (TPSA) is 52.9 Å². The van der Waals surface area contributed by atoms with Gasteiger partial charge in [0.05, 0.1) is 12.0 Å². The second-order valence-corrected chi connectivity index (χ2v) is 7.12. The first-order chi connectivity index (χ1) is 13.1. The van der Waals surface area contributed by atoms with Crippen molar-refractivity contribution in [3.63, 3.8) is 0 Å². The van der Waals surface area contributed by atoms with Gasteiger partial charge in [-0.1, -0.05) is 49.0 Å². The number of carbonyl (C=O) groups excluding carboxylic acids is 1. The Morgan fingerprint density at radius 3 is 2.52 bits per heavy atom. The first-order valence-corrected chi connectivity index (χ1v) is 9.00. The van der Waals surface area contributed by atoms with Crippen LogP contribution in [-0.2, 0) is 4.79 Å². The predicted molar refractivity (Wildman–Crippen MR) is 101 cm³/mol. The number of ketones is 1. The molecule has 4 rings (SSSR count). The summed E-state index contributed by atoms with van der Waals surface area (Å²) in [7, 11) is 0. The van der Waals surface area contributed by atoms with Gasteiger partial charge < -0.3 is 5.32 Å². The highest BCUT2D eigenvalue weighted by atomic mass is 19.1. The van der Waals surface area contributed by atoms with Crippen LogP contribution in [0, 0.1) is 23.1 Å². The van der Waals surface area contributed by atoms with E-state index in [0.717, 1.165) is 11.3 Å². The highest BCUT2D eigenvalue weighted by Gasteiger charge is 2.42. The van der Waals surface area contributed by atoms with E-state index in [-0.39, 0.29) is 17.5 Å². The van der Waals surface area contributed by atoms with E-state index in [9.17, 15) is 14.4 Å². The van der Waals surface area contributed by atoms with Crippen molar-refractivity contribution in [2.75, 3.05) is 0 Å². The lowest BCUT2D eigenvalue weighted by molar-refractivity contribution is -0.116. The highest BCUT2D eigenvalue weighted by Crippen LogP contribution is 2.46. The number of nitriles is 1. The van der Waals surface area contributed by atoms with Crippen LogP contribution in [0.2, 0.25) is 0 Å². The Bertz CT molecular complexity index is 987. The molecule has 4 heteroatoms. The van der Waals surface area contributed by atoms with Gasteiger partial charge in [-0.15, -0.1) is 0 Å². The first kappa shape index (κ1) is 17.2. The number of rotatable bonds is 2. The summed E-state index contributed by atoms with van der Waals surface area (Å²) in [5, 5.41) is 12.9. The van der Waals surface area contributed by atoms with Gasteiger partial charge >= 0.3 is 0 Å². The molecule has 3 unspecified atom stereocenters. The number of hydrogen-bond acceptors (Lipinski definition) is 3. The number of Topliss-reactive ketones (excluding diaryl/α,β-unsaturated/α-hetero) is 1. The summed E-state index contributed by atoms with van der Waals surface area (Å²) in [6.45, 7) is 4.01. The van der Waals surface area contributed by atoms with Crippen LogP contribution in [0.15, 0.2) is 78.1 Å². The molecule has 1 aliphatic carbocycles. The molecule has 1 N–H and O–H groups in total. The zero-order valence-electron chi connectivity index (χ0n) is 14.8. The lowest BCUT2D eigenvalue weighted by Gasteiger charge is -2.38. The molecule has 2 aliphatic rings. The Morgan fingerprint density at radius 2 is 1.81 bits per heavy atom. The van der Waals surface area contributed by atoms with Crippen LogP contribution in [0.25, 0.3) is 0 Å². The van der Waals surface area contributed by atoms with E-state index in [0.29, 0.717) is 29.7 Å². The van der Waals surface area contributed by atoms with Gasteiger partial charge in [-0.05, 0) is 35.6 Å². The summed E-state index contributed by atoms with van der Waals surface area (Å²) in [5.74, 6) is -1.37. The van der Waals surface area contributed by atoms with Crippen molar-refractivity contribution in [3.8, 4) is 6.07 Å². The van der Waals surface area contributed by atoms with Gasteiger partial charge in [-0.3, -0.25) is 4.79 Å².